The van der Waals surface area contributed by atoms with Gasteiger partial charge < -0.3 is 18.9 Å². The molecule has 0 amide bonds. The molecule has 1 aliphatic rings. The Morgan fingerprint density at radius 3 is 1.75 bits per heavy atom. The molecule has 2 rings (SSSR count). The van der Waals surface area contributed by atoms with E-state index in [9.17, 15) is 19.2 Å². The first-order valence-corrected chi connectivity index (χ1v) is 7.40. The molecular weight excluding hydrogens is 320 g/mol. The zero-order valence-electron chi connectivity index (χ0n) is 12.8. The van der Waals surface area contributed by atoms with Crippen molar-refractivity contribution in [1.29, 1.82) is 0 Å². The molecule has 0 aromatic heterocycles. The molecular formula is C16H16O8. The lowest BCUT2D eigenvalue weighted by molar-refractivity contribution is -0.140. The zero-order valence-corrected chi connectivity index (χ0v) is 12.8. The topological polar surface area (TPSA) is 105 Å². The van der Waals surface area contributed by atoms with E-state index in [2.05, 4.69) is 4.74 Å². The van der Waals surface area contributed by atoms with Gasteiger partial charge in [0.1, 0.15) is 0 Å². The summed E-state index contributed by atoms with van der Waals surface area (Å²) in [6.07, 6.45) is 4.43. The van der Waals surface area contributed by atoms with E-state index in [1.165, 1.54) is 0 Å². The second kappa shape index (κ2) is 8.66. The molecule has 0 saturated heterocycles. The van der Waals surface area contributed by atoms with E-state index < -0.39 is 5.97 Å². The molecule has 128 valence electrons. The van der Waals surface area contributed by atoms with Crippen LogP contribution in [0, 0.1) is 5.92 Å². The van der Waals surface area contributed by atoms with Crippen LogP contribution in [-0.2, 0) is 19.2 Å². The molecule has 0 spiro atoms. The molecule has 0 bridgehead atoms. The molecule has 8 heteroatoms. The first kappa shape index (κ1) is 17.5. The highest BCUT2D eigenvalue weighted by Gasteiger charge is 2.25. The summed E-state index contributed by atoms with van der Waals surface area (Å²) >= 11 is 0. The fourth-order valence-corrected chi connectivity index (χ4v) is 2.56. The van der Waals surface area contributed by atoms with Crippen LogP contribution < -0.4 is 18.9 Å². The molecule has 0 atom stereocenters. The van der Waals surface area contributed by atoms with E-state index in [0.29, 0.717) is 0 Å². The molecule has 8 nitrogen and oxygen atoms in total. The van der Waals surface area contributed by atoms with Crippen LogP contribution in [0.25, 0.3) is 0 Å². The maximum atomic E-state index is 12.2. The summed E-state index contributed by atoms with van der Waals surface area (Å²) in [4.78, 5) is 43.9. The van der Waals surface area contributed by atoms with Crippen molar-refractivity contribution in [3.63, 3.8) is 0 Å². The standard InChI is InChI=1S/C16H16O8/c17-8-21-12-6-14(23-10-19)15(7-13(12)22-9-18)24-16(20)11-4-2-1-3-5-11/h6-11H,1-5H2. The third-order valence-corrected chi connectivity index (χ3v) is 3.68. The van der Waals surface area contributed by atoms with Crippen molar-refractivity contribution in [3.05, 3.63) is 12.1 Å². The van der Waals surface area contributed by atoms with Crippen molar-refractivity contribution in [3.8, 4) is 23.0 Å². The minimum atomic E-state index is -0.452. The Labute approximate surface area is 137 Å². The average molecular weight is 336 g/mol. The molecule has 0 aliphatic heterocycles. The highest BCUT2D eigenvalue weighted by molar-refractivity contribution is 5.77. The fraction of sp³-hybridized carbons (Fsp3) is 0.375. The van der Waals surface area contributed by atoms with Gasteiger partial charge in [0.05, 0.1) is 5.92 Å². The number of hydrogen-bond acceptors (Lipinski definition) is 8. The number of rotatable bonds is 8. The lowest BCUT2D eigenvalue weighted by Crippen LogP contribution is -2.23. The monoisotopic (exact) mass is 336 g/mol. The summed E-state index contributed by atoms with van der Waals surface area (Å²) in [5.41, 5.74) is 0. The average Bonchev–Trinajstić information content (AvgIpc) is 2.59. The van der Waals surface area contributed by atoms with E-state index in [-0.39, 0.29) is 48.3 Å². The van der Waals surface area contributed by atoms with E-state index in [0.717, 1.165) is 44.2 Å². The van der Waals surface area contributed by atoms with Gasteiger partial charge in [-0.2, -0.15) is 0 Å². The van der Waals surface area contributed by atoms with Gasteiger partial charge in [0.15, 0.2) is 23.0 Å². The van der Waals surface area contributed by atoms with Gasteiger partial charge in [0, 0.05) is 12.1 Å². The summed E-state index contributed by atoms with van der Waals surface area (Å²) in [5.74, 6) is -1.24. The van der Waals surface area contributed by atoms with Gasteiger partial charge in [-0.25, -0.2) is 0 Å². The first-order chi connectivity index (χ1) is 11.7. The largest absolute Gasteiger partial charge is 0.425 e. The van der Waals surface area contributed by atoms with Crippen LogP contribution in [0.3, 0.4) is 0 Å². The normalized spacial score (nSPS) is 14.3. The molecule has 1 aromatic rings. The van der Waals surface area contributed by atoms with Crippen LogP contribution in [0.1, 0.15) is 32.1 Å². The highest BCUT2D eigenvalue weighted by atomic mass is 16.6. The van der Waals surface area contributed by atoms with Gasteiger partial charge in [-0.3, -0.25) is 19.2 Å². The smallest absolute Gasteiger partial charge is 0.314 e. The van der Waals surface area contributed by atoms with Crippen molar-refractivity contribution in [2.75, 3.05) is 0 Å². The number of esters is 1. The minimum absolute atomic E-state index is 0.104. The number of ether oxygens (including phenoxy) is 4. The quantitative estimate of drug-likeness (QED) is 0.402. The third kappa shape index (κ3) is 4.31. The van der Waals surface area contributed by atoms with E-state index in [4.69, 9.17) is 14.2 Å². The van der Waals surface area contributed by atoms with Gasteiger partial charge in [0.2, 0.25) is 0 Å². The molecule has 1 aromatic carbocycles. The molecule has 0 heterocycles. The fourth-order valence-electron chi connectivity index (χ4n) is 2.56. The van der Waals surface area contributed by atoms with Crippen LogP contribution in [0.2, 0.25) is 0 Å². The predicted molar refractivity (Wildman–Crippen MR) is 78.7 cm³/mol. The number of carbonyl (C=O) groups is 4. The second-order valence-electron chi connectivity index (χ2n) is 5.14. The Hall–Kier alpha value is -2.90. The summed E-state index contributed by atoms with van der Waals surface area (Å²) < 4.78 is 19.4. The SMILES string of the molecule is O=COc1cc(OC=O)c(OC(=O)C2CCCCC2)cc1OC=O. The first-order valence-electron chi connectivity index (χ1n) is 7.40. The van der Waals surface area contributed by atoms with Crippen LogP contribution in [0.15, 0.2) is 12.1 Å². The molecule has 1 aliphatic carbocycles. The molecule has 0 unspecified atom stereocenters. The zero-order chi connectivity index (χ0) is 17.4. The highest BCUT2D eigenvalue weighted by Crippen LogP contribution is 2.40. The second-order valence-corrected chi connectivity index (χ2v) is 5.14. The van der Waals surface area contributed by atoms with Crippen molar-refractivity contribution in [2.24, 2.45) is 5.92 Å². The Balaban J connectivity index is 2.29. The van der Waals surface area contributed by atoms with Crippen LogP contribution in [0.5, 0.6) is 23.0 Å². The van der Waals surface area contributed by atoms with Crippen molar-refractivity contribution >= 4 is 25.4 Å². The lowest BCUT2D eigenvalue weighted by atomic mass is 9.89. The van der Waals surface area contributed by atoms with Gasteiger partial charge in [-0.1, -0.05) is 19.3 Å². The van der Waals surface area contributed by atoms with Crippen molar-refractivity contribution in [1.82, 2.24) is 0 Å². The van der Waals surface area contributed by atoms with E-state index >= 15 is 0 Å². The molecule has 24 heavy (non-hydrogen) atoms. The Bertz CT molecular complexity index is 619. The molecule has 0 radical (unpaired) electrons. The minimum Gasteiger partial charge on any atom is -0.425 e. The summed E-state index contributed by atoms with van der Waals surface area (Å²) in [7, 11) is 0. The van der Waals surface area contributed by atoms with Crippen LogP contribution in [-0.4, -0.2) is 25.4 Å². The summed E-state index contributed by atoms with van der Waals surface area (Å²) in [6, 6.07) is 2.26. The van der Waals surface area contributed by atoms with Crippen molar-refractivity contribution < 1.29 is 38.1 Å². The molecule has 1 fully saturated rings. The van der Waals surface area contributed by atoms with Crippen LogP contribution in [0.4, 0.5) is 0 Å². The predicted octanol–water partition coefficient (Wildman–Crippen LogP) is 1.78. The maximum Gasteiger partial charge on any atom is 0.314 e. The Morgan fingerprint density at radius 2 is 1.25 bits per heavy atom. The maximum absolute atomic E-state index is 12.2. The molecule has 1 saturated carbocycles. The van der Waals surface area contributed by atoms with Gasteiger partial charge in [-0.15, -0.1) is 0 Å². The lowest BCUT2D eigenvalue weighted by Gasteiger charge is -2.20. The summed E-state index contributed by atoms with van der Waals surface area (Å²) in [6.45, 7) is 0.379. The summed E-state index contributed by atoms with van der Waals surface area (Å²) in [5, 5.41) is 0. The van der Waals surface area contributed by atoms with E-state index in [1.54, 1.807) is 0 Å². The van der Waals surface area contributed by atoms with Gasteiger partial charge in [-0.05, 0) is 12.8 Å². The Kier molecular flexibility index (Phi) is 6.30. The van der Waals surface area contributed by atoms with Crippen LogP contribution >= 0.6 is 0 Å². The molecule has 0 N–H and O–H groups in total. The number of benzene rings is 1. The van der Waals surface area contributed by atoms with Crippen molar-refractivity contribution in [2.45, 2.75) is 32.1 Å². The number of hydrogen-bond donors (Lipinski definition) is 0. The van der Waals surface area contributed by atoms with Gasteiger partial charge >= 0.3 is 5.97 Å². The van der Waals surface area contributed by atoms with Gasteiger partial charge in [0.25, 0.3) is 19.4 Å². The third-order valence-electron chi connectivity index (χ3n) is 3.68. The number of carbonyl (C=O) groups excluding carboxylic acids is 4. The van der Waals surface area contributed by atoms with E-state index in [1.807, 2.05) is 0 Å². The Morgan fingerprint density at radius 1 is 0.792 bits per heavy atom.